The molecule has 19 heavy (non-hydrogen) atoms. The number of hydrogen-bond acceptors (Lipinski definition) is 5. The van der Waals surface area contributed by atoms with Gasteiger partial charge in [0.1, 0.15) is 0 Å². The minimum absolute atomic E-state index is 0.0168. The van der Waals surface area contributed by atoms with Gasteiger partial charge in [-0.05, 0) is 38.6 Å². The number of rotatable bonds is 9. The van der Waals surface area contributed by atoms with E-state index in [0.717, 1.165) is 25.9 Å². The summed E-state index contributed by atoms with van der Waals surface area (Å²) in [6.07, 6.45) is 2.77. The normalized spacial score (nSPS) is 24.3. The Bertz CT molecular complexity index is 225. The van der Waals surface area contributed by atoms with E-state index in [1.165, 1.54) is 6.42 Å². The van der Waals surface area contributed by atoms with Crippen molar-refractivity contribution in [3.63, 3.8) is 0 Å². The van der Waals surface area contributed by atoms with Crippen LogP contribution < -0.4 is 0 Å². The zero-order valence-electron chi connectivity index (χ0n) is 12.3. The smallest absolute Gasteiger partial charge is 0.0900 e. The molecule has 1 fully saturated rings. The van der Waals surface area contributed by atoms with E-state index < -0.39 is 6.10 Å². The number of nitrogens with zero attached hydrogens (tertiary/aromatic N) is 1. The molecule has 5 heteroatoms. The Kier molecular flexibility index (Phi) is 8.57. The Morgan fingerprint density at radius 3 is 2.84 bits per heavy atom. The van der Waals surface area contributed by atoms with Crippen LogP contribution in [-0.2, 0) is 9.47 Å². The maximum atomic E-state index is 9.98. The van der Waals surface area contributed by atoms with Crippen LogP contribution in [0.2, 0.25) is 0 Å². The second-order valence-corrected chi connectivity index (χ2v) is 5.53. The van der Waals surface area contributed by atoms with Gasteiger partial charge in [-0.1, -0.05) is 0 Å². The minimum Gasteiger partial charge on any atom is -0.396 e. The molecule has 5 nitrogen and oxygen atoms in total. The molecule has 1 aliphatic heterocycles. The van der Waals surface area contributed by atoms with Crippen LogP contribution in [-0.4, -0.2) is 73.9 Å². The number of aliphatic hydroxyl groups excluding tert-OH is 2. The summed E-state index contributed by atoms with van der Waals surface area (Å²) in [4.78, 5) is 2.28. The highest BCUT2D eigenvalue weighted by Gasteiger charge is 2.21. The number of ether oxygens (including phenoxy) is 2. The zero-order chi connectivity index (χ0) is 14.1. The highest BCUT2D eigenvalue weighted by atomic mass is 16.5. The zero-order valence-corrected chi connectivity index (χ0v) is 12.3. The van der Waals surface area contributed by atoms with E-state index in [0.29, 0.717) is 25.7 Å². The monoisotopic (exact) mass is 275 g/mol. The molecule has 2 N–H and O–H groups in total. The van der Waals surface area contributed by atoms with Crippen LogP contribution in [0.15, 0.2) is 0 Å². The summed E-state index contributed by atoms with van der Waals surface area (Å²) in [5.74, 6) is 0.569. The molecule has 1 rings (SSSR count). The number of β-amino-alcohol motifs (C(OH)–C–C–N with tert-alkyl or cyclic N) is 1. The van der Waals surface area contributed by atoms with Gasteiger partial charge < -0.3 is 24.6 Å². The SMILES string of the molecule is COCC(C)OCC(O)CN1CCCC(CCO)C1. The standard InChI is InChI=1S/C14H29NO4/c1-12(10-18-2)19-11-14(17)9-15-6-3-4-13(8-15)5-7-16/h12-14,16-17H,3-11H2,1-2H3. The van der Waals surface area contributed by atoms with Crippen LogP contribution >= 0.6 is 0 Å². The average Bonchev–Trinajstić information content (AvgIpc) is 2.38. The first-order valence-electron chi connectivity index (χ1n) is 7.27. The van der Waals surface area contributed by atoms with Gasteiger partial charge in [0, 0.05) is 26.8 Å². The van der Waals surface area contributed by atoms with Crippen molar-refractivity contribution in [1.82, 2.24) is 4.90 Å². The molecule has 114 valence electrons. The third kappa shape index (κ3) is 7.22. The molecule has 0 spiro atoms. The van der Waals surface area contributed by atoms with Gasteiger partial charge in [-0.15, -0.1) is 0 Å². The van der Waals surface area contributed by atoms with Crippen molar-refractivity contribution in [2.75, 3.05) is 46.6 Å². The summed E-state index contributed by atoms with van der Waals surface area (Å²) in [7, 11) is 1.64. The lowest BCUT2D eigenvalue weighted by Crippen LogP contribution is -2.42. The molecule has 0 bridgehead atoms. The topological polar surface area (TPSA) is 62.2 Å². The lowest BCUT2D eigenvalue weighted by molar-refractivity contribution is -0.0426. The molecular formula is C14H29NO4. The molecule has 1 heterocycles. The van der Waals surface area contributed by atoms with Crippen LogP contribution in [0.25, 0.3) is 0 Å². The predicted molar refractivity (Wildman–Crippen MR) is 74.2 cm³/mol. The molecule has 0 aromatic heterocycles. The molecule has 3 atom stereocenters. The second-order valence-electron chi connectivity index (χ2n) is 5.53. The van der Waals surface area contributed by atoms with Crippen LogP contribution in [0.1, 0.15) is 26.2 Å². The summed E-state index contributed by atoms with van der Waals surface area (Å²) < 4.78 is 10.5. The quantitative estimate of drug-likeness (QED) is 0.641. The van der Waals surface area contributed by atoms with Gasteiger partial charge in [0.05, 0.1) is 25.4 Å². The van der Waals surface area contributed by atoms with Crippen molar-refractivity contribution >= 4 is 0 Å². The second kappa shape index (κ2) is 9.66. The molecule has 0 radical (unpaired) electrons. The van der Waals surface area contributed by atoms with Crippen molar-refractivity contribution in [2.45, 2.75) is 38.4 Å². The molecule has 1 saturated heterocycles. The number of likely N-dealkylation sites (tertiary alicyclic amines) is 1. The van der Waals surface area contributed by atoms with E-state index in [-0.39, 0.29) is 12.7 Å². The summed E-state index contributed by atoms with van der Waals surface area (Å²) in [6, 6.07) is 0. The Hall–Kier alpha value is -0.200. The molecule has 3 unspecified atom stereocenters. The van der Waals surface area contributed by atoms with Gasteiger partial charge in [-0.3, -0.25) is 0 Å². The van der Waals surface area contributed by atoms with Gasteiger partial charge in [0.25, 0.3) is 0 Å². The first-order chi connectivity index (χ1) is 9.15. The van der Waals surface area contributed by atoms with E-state index >= 15 is 0 Å². The fourth-order valence-electron chi connectivity index (χ4n) is 2.64. The highest BCUT2D eigenvalue weighted by molar-refractivity contribution is 4.75. The van der Waals surface area contributed by atoms with Crippen molar-refractivity contribution in [3.8, 4) is 0 Å². The number of methoxy groups -OCH3 is 1. The van der Waals surface area contributed by atoms with E-state index in [2.05, 4.69) is 4.90 Å². The summed E-state index contributed by atoms with van der Waals surface area (Å²) in [6.45, 7) is 5.77. The Labute approximate surface area is 116 Å². The molecule has 0 aromatic carbocycles. The lowest BCUT2D eigenvalue weighted by Gasteiger charge is -2.33. The maximum Gasteiger partial charge on any atom is 0.0900 e. The predicted octanol–water partition coefficient (Wildman–Crippen LogP) is 0.493. The Morgan fingerprint density at radius 1 is 1.37 bits per heavy atom. The fourth-order valence-corrected chi connectivity index (χ4v) is 2.64. The molecule has 0 aliphatic carbocycles. The molecule has 1 aliphatic rings. The van der Waals surface area contributed by atoms with Gasteiger partial charge in [0.2, 0.25) is 0 Å². The Morgan fingerprint density at radius 2 is 2.16 bits per heavy atom. The molecule has 0 amide bonds. The molecule has 0 aromatic rings. The first-order valence-corrected chi connectivity index (χ1v) is 7.27. The summed E-state index contributed by atoms with van der Waals surface area (Å²) in [5, 5.41) is 19.0. The van der Waals surface area contributed by atoms with Crippen LogP contribution in [0, 0.1) is 5.92 Å². The van der Waals surface area contributed by atoms with E-state index in [9.17, 15) is 5.11 Å². The van der Waals surface area contributed by atoms with Crippen molar-refractivity contribution in [3.05, 3.63) is 0 Å². The van der Waals surface area contributed by atoms with Crippen molar-refractivity contribution < 1.29 is 19.7 Å². The largest absolute Gasteiger partial charge is 0.396 e. The van der Waals surface area contributed by atoms with Gasteiger partial charge in [-0.25, -0.2) is 0 Å². The number of hydrogen-bond donors (Lipinski definition) is 2. The number of aliphatic hydroxyl groups is 2. The first kappa shape index (κ1) is 16.9. The summed E-state index contributed by atoms with van der Waals surface area (Å²) >= 11 is 0. The highest BCUT2D eigenvalue weighted by Crippen LogP contribution is 2.19. The van der Waals surface area contributed by atoms with Gasteiger partial charge >= 0.3 is 0 Å². The van der Waals surface area contributed by atoms with E-state index in [1.807, 2.05) is 6.92 Å². The van der Waals surface area contributed by atoms with Crippen molar-refractivity contribution in [1.29, 1.82) is 0 Å². The summed E-state index contributed by atoms with van der Waals surface area (Å²) in [5.41, 5.74) is 0. The molecular weight excluding hydrogens is 246 g/mol. The van der Waals surface area contributed by atoms with Gasteiger partial charge in [0.15, 0.2) is 0 Å². The fraction of sp³-hybridized carbons (Fsp3) is 1.00. The van der Waals surface area contributed by atoms with Crippen molar-refractivity contribution in [2.24, 2.45) is 5.92 Å². The Balaban J connectivity index is 2.18. The molecule has 0 saturated carbocycles. The minimum atomic E-state index is -0.452. The van der Waals surface area contributed by atoms with Crippen LogP contribution in [0.5, 0.6) is 0 Å². The third-order valence-electron chi connectivity index (χ3n) is 3.58. The van der Waals surface area contributed by atoms with Crippen LogP contribution in [0.4, 0.5) is 0 Å². The third-order valence-corrected chi connectivity index (χ3v) is 3.58. The van der Waals surface area contributed by atoms with Crippen LogP contribution in [0.3, 0.4) is 0 Å². The van der Waals surface area contributed by atoms with E-state index in [4.69, 9.17) is 14.6 Å². The van der Waals surface area contributed by atoms with E-state index in [1.54, 1.807) is 7.11 Å². The maximum absolute atomic E-state index is 9.98. The average molecular weight is 275 g/mol. The number of piperidine rings is 1. The van der Waals surface area contributed by atoms with Gasteiger partial charge in [-0.2, -0.15) is 0 Å². The lowest BCUT2D eigenvalue weighted by atomic mass is 9.95.